The largest absolute Gasteiger partial charge is 0.367 e. The van der Waals surface area contributed by atoms with Gasteiger partial charge in [-0.2, -0.15) is 0 Å². The number of hydrogen-bond donors (Lipinski definition) is 1. The third-order valence-electron chi connectivity index (χ3n) is 5.70. The molecule has 0 spiro atoms. The van der Waals surface area contributed by atoms with Crippen molar-refractivity contribution in [1.29, 1.82) is 0 Å². The van der Waals surface area contributed by atoms with E-state index in [9.17, 15) is 9.59 Å². The molecule has 0 unspecified atom stereocenters. The highest BCUT2D eigenvalue weighted by atomic mass is 32.2. The highest BCUT2D eigenvalue weighted by Crippen LogP contribution is 2.32. The second-order valence-corrected chi connectivity index (χ2v) is 9.58. The van der Waals surface area contributed by atoms with Gasteiger partial charge in [0, 0.05) is 19.3 Å². The Labute approximate surface area is 179 Å². The number of fused-ring (bicyclic) bond motifs is 1. The SMILES string of the molecule is Cc1cccn2c(=O)c(C=C3SC(=S)N(C)C3=O)c(NC3CCC(C)CC3)nc12. The van der Waals surface area contributed by atoms with Gasteiger partial charge in [-0.25, -0.2) is 4.98 Å². The molecule has 2 aromatic heterocycles. The monoisotopic (exact) mass is 428 g/mol. The van der Waals surface area contributed by atoms with Gasteiger partial charge < -0.3 is 5.32 Å². The fourth-order valence-electron chi connectivity index (χ4n) is 3.83. The summed E-state index contributed by atoms with van der Waals surface area (Å²) in [5.74, 6) is 1.09. The van der Waals surface area contributed by atoms with E-state index >= 15 is 0 Å². The Morgan fingerprint density at radius 1 is 1.28 bits per heavy atom. The molecule has 8 heteroatoms. The fraction of sp³-hybridized carbons (Fsp3) is 0.429. The molecule has 6 nitrogen and oxygen atoms in total. The number of carbonyl (C=O) groups excluding carboxylic acids is 1. The number of thioether (sulfide) groups is 1. The molecule has 0 aromatic carbocycles. The number of anilines is 1. The van der Waals surface area contributed by atoms with Crippen molar-refractivity contribution < 1.29 is 4.79 Å². The Bertz CT molecular complexity index is 1080. The number of amides is 1. The van der Waals surface area contributed by atoms with Crippen molar-refractivity contribution in [3.8, 4) is 0 Å². The summed E-state index contributed by atoms with van der Waals surface area (Å²) in [6.45, 7) is 4.22. The molecular formula is C21H24N4O2S2. The van der Waals surface area contributed by atoms with Crippen molar-refractivity contribution in [3.63, 3.8) is 0 Å². The number of aryl methyl sites for hydroxylation is 1. The highest BCUT2D eigenvalue weighted by molar-refractivity contribution is 8.26. The van der Waals surface area contributed by atoms with Crippen LogP contribution in [-0.4, -0.2) is 37.6 Å². The van der Waals surface area contributed by atoms with Crippen LogP contribution < -0.4 is 10.9 Å². The van der Waals surface area contributed by atoms with Gasteiger partial charge in [-0.3, -0.25) is 18.9 Å². The van der Waals surface area contributed by atoms with E-state index < -0.39 is 0 Å². The topological polar surface area (TPSA) is 66.7 Å². The van der Waals surface area contributed by atoms with Crippen LogP contribution in [0.3, 0.4) is 0 Å². The Kier molecular flexibility index (Phi) is 5.48. The number of likely N-dealkylation sites (N-methyl/N-ethyl adjacent to an activating group) is 1. The molecule has 2 aliphatic rings. The van der Waals surface area contributed by atoms with Gasteiger partial charge in [0.25, 0.3) is 11.5 Å². The zero-order valence-corrected chi connectivity index (χ0v) is 18.4. The van der Waals surface area contributed by atoms with Gasteiger partial charge in [-0.1, -0.05) is 37.0 Å². The molecular weight excluding hydrogens is 404 g/mol. The van der Waals surface area contributed by atoms with Gasteiger partial charge in [-0.05, 0) is 56.2 Å². The fourth-order valence-corrected chi connectivity index (χ4v) is 4.99. The first kappa shape index (κ1) is 20.1. The van der Waals surface area contributed by atoms with Crippen molar-refractivity contribution in [2.24, 2.45) is 5.92 Å². The quantitative estimate of drug-likeness (QED) is 0.592. The third kappa shape index (κ3) is 3.83. The molecule has 2 aromatic rings. The highest BCUT2D eigenvalue weighted by Gasteiger charge is 2.30. The molecule has 1 aliphatic carbocycles. The third-order valence-corrected chi connectivity index (χ3v) is 7.19. The number of nitrogens with zero attached hydrogens (tertiary/aromatic N) is 3. The molecule has 3 heterocycles. The van der Waals surface area contributed by atoms with Crippen LogP contribution in [-0.2, 0) is 4.79 Å². The normalized spacial score (nSPS) is 24.0. The average Bonchev–Trinajstić information content (AvgIpc) is 2.94. The van der Waals surface area contributed by atoms with Crippen LogP contribution in [0.2, 0.25) is 0 Å². The van der Waals surface area contributed by atoms with Gasteiger partial charge in [0.2, 0.25) is 0 Å². The minimum Gasteiger partial charge on any atom is -0.367 e. The van der Waals surface area contributed by atoms with Gasteiger partial charge in [-0.15, -0.1) is 0 Å². The molecule has 0 radical (unpaired) electrons. The first-order chi connectivity index (χ1) is 13.8. The Hall–Kier alpha value is -2.19. The van der Waals surface area contributed by atoms with Crippen molar-refractivity contribution in [2.75, 3.05) is 12.4 Å². The van der Waals surface area contributed by atoms with Crippen LogP contribution in [0.4, 0.5) is 5.82 Å². The first-order valence-electron chi connectivity index (χ1n) is 9.85. The lowest BCUT2D eigenvalue weighted by atomic mass is 9.87. The number of hydrogen-bond acceptors (Lipinski definition) is 6. The van der Waals surface area contributed by atoms with Crippen LogP contribution in [0, 0.1) is 12.8 Å². The lowest BCUT2D eigenvalue weighted by Crippen LogP contribution is -2.29. The molecule has 1 N–H and O–H groups in total. The van der Waals surface area contributed by atoms with E-state index in [1.165, 1.54) is 16.7 Å². The zero-order chi connectivity index (χ0) is 20.7. The molecule has 1 aliphatic heterocycles. The lowest BCUT2D eigenvalue weighted by Gasteiger charge is -2.28. The Morgan fingerprint density at radius 2 is 2.00 bits per heavy atom. The summed E-state index contributed by atoms with van der Waals surface area (Å²) in [5, 5.41) is 3.51. The summed E-state index contributed by atoms with van der Waals surface area (Å²) < 4.78 is 2.03. The maximum absolute atomic E-state index is 13.3. The first-order valence-corrected chi connectivity index (χ1v) is 11.1. The smallest absolute Gasteiger partial charge is 0.267 e. The minimum absolute atomic E-state index is 0.188. The van der Waals surface area contributed by atoms with Gasteiger partial charge in [0.1, 0.15) is 15.8 Å². The predicted octanol–water partition coefficient (Wildman–Crippen LogP) is 3.82. The summed E-state index contributed by atoms with van der Waals surface area (Å²) in [6, 6.07) is 4.05. The molecule has 1 saturated carbocycles. The van der Waals surface area contributed by atoms with Crippen LogP contribution in [0.25, 0.3) is 11.7 Å². The summed E-state index contributed by atoms with van der Waals surface area (Å²) >= 11 is 6.44. The van der Waals surface area contributed by atoms with Crippen molar-refractivity contribution in [3.05, 3.63) is 44.7 Å². The van der Waals surface area contributed by atoms with Crippen LogP contribution in [0.1, 0.15) is 43.7 Å². The predicted molar refractivity (Wildman–Crippen MR) is 122 cm³/mol. The van der Waals surface area contributed by atoms with Crippen LogP contribution in [0.15, 0.2) is 28.0 Å². The number of carbonyl (C=O) groups is 1. The molecule has 2 fully saturated rings. The summed E-state index contributed by atoms with van der Waals surface area (Å²) in [7, 11) is 1.65. The standard InChI is InChI=1S/C21H24N4O2S2/c1-12-6-8-14(9-7-12)22-17-15(11-16-20(27)24(3)21(28)29-16)19(26)25-10-4-5-13(2)18(25)23-17/h4-5,10-12,14,22H,6-9H2,1-3H3. The van der Waals surface area contributed by atoms with E-state index in [1.54, 1.807) is 23.7 Å². The summed E-state index contributed by atoms with van der Waals surface area (Å²) in [6.07, 6.45) is 7.77. The van der Waals surface area contributed by atoms with E-state index in [1.807, 2.05) is 19.1 Å². The molecule has 152 valence electrons. The summed E-state index contributed by atoms with van der Waals surface area (Å²) in [4.78, 5) is 32.5. The van der Waals surface area contributed by atoms with Gasteiger partial charge >= 0.3 is 0 Å². The molecule has 29 heavy (non-hydrogen) atoms. The number of pyridine rings is 1. The average molecular weight is 429 g/mol. The van der Waals surface area contributed by atoms with Crippen molar-refractivity contribution in [1.82, 2.24) is 14.3 Å². The molecule has 0 bridgehead atoms. The van der Waals surface area contributed by atoms with E-state index in [4.69, 9.17) is 17.2 Å². The number of thiocarbonyl (C=S) groups is 1. The van der Waals surface area contributed by atoms with Crippen molar-refractivity contribution in [2.45, 2.75) is 45.6 Å². The maximum Gasteiger partial charge on any atom is 0.267 e. The van der Waals surface area contributed by atoms with Crippen LogP contribution >= 0.6 is 24.0 Å². The zero-order valence-electron chi connectivity index (χ0n) is 16.8. The molecule has 1 saturated heterocycles. The molecule has 4 rings (SSSR count). The summed E-state index contributed by atoms with van der Waals surface area (Å²) in [5.41, 5.74) is 1.77. The molecule has 1 amide bonds. The van der Waals surface area contributed by atoms with E-state index in [0.717, 1.165) is 37.2 Å². The Morgan fingerprint density at radius 3 is 2.66 bits per heavy atom. The second-order valence-electron chi connectivity index (χ2n) is 7.91. The number of aromatic nitrogens is 2. The van der Waals surface area contributed by atoms with E-state index in [2.05, 4.69) is 12.2 Å². The number of rotatable bonds is 3. The van der Waals surface area contributed by atoms with E-state index in [0.29, 0.717) is 26.3 Å². The second kappa shape index (κ2) is 7.91. The number of nitrogens with one attached hydrogen (secondary N) is 1. The maximum atomic E-state index is 13.3. The lowest BCUT2D eigenvalue weighted by molar-refractivity contribution is -0.121. The Balaban J connectivity index is 1.83. The van der Waals surface area contributed by atoms with Crippen molar-refractivity contribution >= 4 is 51.7 Å². The van der Waals surface area contributed by atoms with Gasteiger partial charge in [0.05, 0.1) is 10.5 Å². The minimum atomic E-state index is -0.189. The van der Waals surface area contributed by atoms with Gasteiger partial charge in [0.15, 0.2) is 0 Å². The van der Waals surface area contributed by atoms with E-state index in [-0.39, 0.29) is 17.5 Å². The van der Waals surface area contributed by atoms with Crippen LogP contribution in [0.5, 0.6) is 0 Å². The molecule has 0 atom stereocenters.